The van der Waals surface area contributed by atoms with Crippen molar-refractivity contribution in [3.05, 3.63) is 119 Å². The maximum atomic E-state index is 12.7. The lowest BCUT2D eigenvalue weighted by Crippen LogP contribution is -2.45. The van der Waals surface area contributed by atoms with E-state index in [1.807, 2.05) is 12.3 Å². The van der Waals surface area contributed by atoms with Crippen molar-refractivity contribution in [1.82, 2.24) is 14.5 Å². The Morgan fingerprint density at radius 2 is 1.44 bits per heavy atom. The molecule has 6 heteroatoms. The molecule has 1 aliphatic rings. The molecule has 5 aromatic rings. The first kappa shape index (κ1) is 22.7. The summed E-state index contributed by atoms with van der Waals surface area (Å²) in [5, 5.41) is 0.942. The standard InChI is InChI=1S/C30H28N4OS/c35-27-15-16-34(22-25-13-7-8-14-26(25)24-11-5-2-6-12-24)29-28(27)31-30(36-29)33-19-17-32(18-20-33)21-23-9-3-1-4-10-23/h1-16H,17-22H2. The highest BCUT2D eigenvalue weighted by molar-refractivity contribution is 7.21. The summed E-state index contributed by atoms with van der Waals surface area (Å²) in [5.41, 5.74) is 5.54. The lowest BCUT2D eigenvalue weighted by molar-refractivity contribution is 0.250. The Bertz CT molecular complexity index is 1520. The van der Waals surface area contributed by atoms with Crippen LogP contribution < -0.4 is 10.3 Å². The van der Waals surface area contributed by atoms with Crippen LogP contribution in [0.25, 0.3) is 21.5 Å². The van der Waals surface area contributed by atoms with E-state index in [-0.39, 0.29) is 5.43 Å². The Kier molecular flexibility index (Phi) is 6.36. The highest BCUT2D eigenvalue weighted by Crippen LogP contribution is 2.30. The normalized spacial score (nSPS) is 14.4. The van der Waals surface area contributed by atoms with Gasteiger partial charge in [-0.1, -0.05) is 96.3 Å². The van der Waals surface area contributed by atoms with Crippen LogP contribution in [0.15, 0.2) is 102 Å². The Balaban J connectivity index is 1.24. The van der Waals surface area contributed by atoms with Crippen molar-refractivity contribution in [3.8, 4) is 11.1 Å². The third-order valence-electron chi connectivity index (χ3n) is 6.83. The number of fused-ring (bicyclic) bond motifs is 1. The molecule has 0 aliphatic carbocycles. The van der Waals surface area contributed by atoms with Gasteiger partial charge in [0.25, 0.3) is 0 Å². The fraction of sp³-hybridized carbons (Fsp3) is 0.200. The minimum Gasteiger partial charge on any atom is -0.345 e. The van der Waals surface area contributed by atoms with Gasteiger partial charge in [-0.15, -0.1) is 0 Å². The number of thiazole rings is 1. The summed E-state index contributed by atoms with van der Waals surface area (Å²) in [6, 6.07) is 31.2. The second kappa shape index (κ2) is 10.1. The van der Waals surface area contributed by atoms with Crippen molar-refractivity contribution in [1.29, 1.82) is 0 Å². The van der Waals surface area contributed by atoms with E-state index in [9.17, 15) is 4.79 Å². The molecular weight excluding hydrogens is 464 g/mol. The highest BCUT2D eigenvalue weighted by atomic mass is 32.1. The zero-order chi connectivity index (χ0) is 24.3. The fourth-order valence-corrected chi connectivity index (χ4v) is 6.01. The van der Waals surface area contributed by atoms with E-state index in [1.165, 1.54) is 22.3 Å². The molecule has 0 saturated carbocycles. The van der Waals surface area contributed by atoms with E-state index in [4.69, 9.17) is 4.98 Å². The number of anilines is 1. The minimum atomic E-state index is -0.0113. The molecule has 0 atom stereocenters. The van der Waals surface area contributed by atoms with E-state index in [2.05, 4.69) is 93.2 Å². The molecule has 5 nitrogen and oxygen atoms in total. The largest absolute Gasteiger partial charge is 0.345 e. The maximum absolute atomic E-state index is 12.7. The second-order valence-electron chi connectivity index (χ2n) is 9.23. The average molecular weight is 493 g/mol. The lowest BCUT2D eigenvalue weighted by atomic mass is 10.00. The van der Waals surface area contributed by atoms with Crippen LogP contribution in [0, 0.1) is 0 Å². The van der Waals surface area contributed by atoms with Gasteiger partial charge in [0.05, 0.1) is 0 Å². The molecule has 0 unspecified atom stereocenters. The highest BCUT2D eigenvalue weighted by Gasteiger charge is 2.21. The van der Waals surface area contributed by atoms with Crippen LogP contribution in [-0.2, 0) is 13.1 Å². The van der Waals surface area contributed by atoms with Crippen LogP contribution in [-0.4, -0.2) is 40.6 Å². The molecule has 1 fully saturated rings. The van der Waals surface area contributed by atoms with Gasteiger partial charge >= 0.3 is 0 Å². The third kappa shape index (κ3) is 4.70. The first-order valence-corrected chi connectivity index (χ1v) is 13.2. The third-order valence-corrected chi connectivity index (χ3v) is 7.99. The van der Waals surface area contributed by atoms with Crippen molar-refractivity contribution in [2.45, 2.75) is 13.1 Å². The topological polar surface area (TPSA) is 41.4 Å². The Morgan fingerprint density at radius 3 is 2.22 bits per heavy atom. The molecule has 180 valence electrons. The van der Waals surface area contributed by atoms with Crippen molar-refractivity contribution in [3.63, 3.8) is 0 Å². The van der Waals surface area contributed by atoms with Crippen molar-refractivity contribution in [2.75, 3.05) is 31.1 Å². The van der Waals surface area contributed by atoms with Crippen LogP contribution in [0.5, 0.6) is 0 Å². The fourth-order valence-electron chi connectivity index (χ4n) is 4.90. The Hall–Kier alpha value is -3.74. The number of benzene rings is 3. The molecule has 1 aliphatic heterocycles. The average Bonchev–Trinajstić information content (AvgIpc) is 3.39. The molecule has 6 rings (SSSR count). The van der Waals surface area contributed by atoms with Crippen molar-refractivity contribution in [2.24, 2.45) is 0 Å². The van der Waals surface area contributed by atoms with E-state index in [1.54, 1.807) is 17.4 Å². The lowest BCUT2D eigenvalue weighted by Gasteiger charge is -2.34. The van der Waals surface area contributed by atoms with Gasteiger partial charge in [0.15, 0.2) is 5.13 Å². The molecular formula is C30H28N4OS. The van der Waals surface area contributed by atoms with Gasteiger partial charge in [0.2, 0.25) is 5.43 Å². The number of pyridine rings is 1. The van der Waals surface area contributed by atoms with Crippen LogP contribution >= 0.6 is 11.3 Å². The van der Waals surface area contributed by atoms with Crippen molar-refractivity contribution >= 4 is 26.8 Å². The van der Waals surface area contributed by atoms with Gasteiger partial charge in [-0.3, -0.25) is 9.69 Å². The number of rotatable bonds is 6. The molecule has 0 N–H and O–H groups in total. The van der Waals surface area contributed by atoms with Gasteiger partial charge in [0, 0.05) is 51.5 Å². The monoisotopic (exact) mass is 492 g/mol. The summed E-state index contributed by atoms with van der Waals surface area (Å²) in [6.45, 7) is 5.46. The molecule has 0 amide bonds. The number of hydrogen-bond acceptors (Lipinski definition) is 5. The van der Waals surface area contributed by atoms with E-state index < -0.39 is 0 Å². The number of hydrogen-bond donors (Lipinski definition) is 0. The SMILES string of the molecule is O=c1ccn(Cc2ccccc2-c2ccccc2)c2sc(N3CCN(Cc4ccccc4)CC3)nc12. The first-order chi connectivity index (χ1) is 17.7. The molecule has 0 radical (unpaired) electrons. The van der Waals surface area contributed by atoms with Gasteiger partial charge in [-0.25, -0.2) is 4.98 Å². The van der Waals surface area contributed by atoms with Crippen LogP contribution in [0.3, 0.4) is 0 Å². The molecule has 36 heavy (non-hydrogen) atoms. The van der Waals surface area contributed by atoms with E-state index >= 15 is 0 Å². The zero-order valence-electron chi connectivity index (χ0n) is 20.1. The summed E-state index contributed by atoms with van der Waals surface area (Å²) in [6.07, 6.45) is 1.91. The van der Waals surface area contributed by atoms with Crippen LogP contribution in [0.1, 0.15) is 11.1 Å². The summed E-state index contributed by atoms with van der Waals surface area (Å²) in [4.78, 5) is 23.3. The summed E-state index contributed by atoms with van der Waals surface area (Å²) >= 11 is 1.63. The summed E-state index contributed by atoms with van der Waals surface area (Å²) in [7, 11) is 0. The van der Waals surface area contributed by atoms with Gasteiger partial charge in [0.1, 0.15) is 10.3 Å². The molecule has 2 aromatic heterocycles. The smallest absolute Gasteiger partial charge is 0.208 e. The van der Waals surface area contributed by atoms with E-state index in [0.717, 1.165) is 42.7 Å². The summed E-state index contributed by atoms with van der Waals surface area (Å²) in [5.74, 6) is 0. The Labute approximate surface area is 214 Å². The van der Waals surface area contributed by atoms with Crippen molar-refractivity contribution < 1.29 is 0 Å². The van der Waals surface area contributed by atoms with Gasteiger partial charge < -0.3 is 9.47 Å². The van der Waals surface area contributed by atoms with Crippen LogP contribution in [0.2, 0.25) is 0 Å². The van der Waals surface area contributed by atoms with Crippen LogP contribution in [0.4, 0.5) is 5.13 Å². The molecule has 3 aromatic carbocycles. The Morgan fingerprint density at radius 1 is 0.750 bits per heavy atom. The number of aromatic nitrogens is 2. The first-order valence-electron chi connectivity index (χ1n) is 12.4. The maximum Gasteiger partial charge on any atom is 0.208 e. The molecule has 1 saturated heterocycles. The molecule has 3 heterocycles. The molecule has 0 spiro atoms. The number of piperazine rings is 1. The van der Waals surface area contributed by atoms with Gasteiger partial charge in [-0.2, -0.15) is 0 Å². The minimum absolute atomic E-state index is 0.0113. The number of nitrogens with zero attached hydrogens (tertiary/aromatic N) is 4. The predicted octanol–water partition coefficient (Wildman–Crippen LogP) is 5.50. The predicted molar refractivity (Wildman–Crippen MR) is 149 cm³/mol. The van der Waals surface area contributed by atoms with E-state index in [0.29, 0.717) is 12.1 Å². The quantitative estimate of drug-likeness (QED) is 0.314. The zero-order valence-corrected chi connectivity index (χ0v) is 20.9. The summed E-state index contributed by atoms with van der Waals surface area (Å²) < 4.78 is 2.17. The molecule has 0 bridgehead atoms. The van der Waals surface area contributed by atoms with Gasteiger partial charge in [-0.05, 0) is 22.3 Å². The second-order valence-corrected chi connectivity index (χ2v) is 10.2.